The van der Waals surface area contributed by atoms with Gasteiger partial charge in [-0.05, 0) is 53.8 Å². The van der Waals surface area contributed by atoms with Crippen molar-refractivity contribution < 1.29 is 5.11 Å². The number of aromatic nitrogens is 1. The first-order chi connectivity index (χ1) is 10.3. The van der Waals surface area contributed by atoms with Gasteiger partial charge < -0.3 is 5.11 Å². The van der Waals surface area contributed by atoms with Crippen molar-refractivity contribution in [2.45, 2.75) is 12.8 Å². The van der Waals surface area contributed by atoms with Crippen molar-refractivity contribution in [3.8, 4) is 11.8 Å². The molecule has 0 atom stereocenters. The highest BCUT2D eigenvalue weighted by Crippen LogP contribution is 2.34. The van der Waals surface area contributed by atoms with Crippen molar-refractivity contribution >= 4 is 11.1 Å². The molecule has 0 bridgehead atoms. The molecule has 1 aromatic heterocycles. The molecule has 21 heavy (non-hydrogen) atoms. The van der Waals surface area contributed by atoms with Crippen LogP contribution in [-0.4, -0.2) is 10.1 Å². The number of nitrogens with zero attached hydrogens (tertiary/aromatic N) is 2. The Morgan fingerprint density at radius 2 is 2.00 bits per heavy atom. The predicted octanol–water partition coefficient (Wildman–Crippen LogP) is 3.92. The van der Waals surface area contributed by atoms with E-state index in [1.165, 1.54) is 0 Å². The van der Waals surface area contributed by atoms with Gasteiger partial charge in [-0.25, -0.2) is 0 Å². The van der Waals surface area contributed by atoms with E-state index in [0.717, 1.165) is 29.6 Å². The number of nitriles is 1. The van der Waals surface area contributed by atoms with Gasteiger partial charge in [-0.1, -0.05) is 24.3 Å². The van der Waals surface area contributed by atoms with Gasteiger partial charge in [0.05, 0.1) is 11.6 Å². The van der Waals surface area contributed by atoms with Crippen LogP contribution in [0.4, 0.5) is 0 Å². The zero-order valence-electron chi connectivity index (χ0n) is 11.5. The molecule has 1 heterocycles. The summed E-state index contributed by atoms with van der Waals surface area (Å²) in [5.74, 6) is 0.193. The van der Waals surface area contributed by atoms with Crippen molar-refractivity contribution in [3.05, 3.63) is 71.6 Å². The van der Waals surface area contributed by atoms with Gasteiger partial charge in [0.1, 0.15) is 11.4 Å². The molecule has 0 aliphatic heterocycles. The first-order valence-corrected chi connectivity index (χ1v) is 6.84. The lowest BCUT2D eigenvalue weighted by Crippen LogP contribution is -1.97. The summed E-state index contributed by atoms with van der Waals surface area (Å²) in [6.45, 7) is 0. The second-order valence-electron chi connectivity index (χ2n) is 4.90. The van der Waals surface area contributed by atoms with Crippen LogP contribution in [0.25, 0.3) is 11.1 Å². The van der Waals surface area contributed by atoms with Crippen molar-refractivity contribution in [1.82, 2.24) is 4.98 Å². The fourth-order valence-corrected chi connectivity index (χ4v) is 2.55. The molecule has 1 aliphatic carbocycles. The second-order valence-corrected chi connectivity index (χ2v) is 4.90. The molecule has 0 amide bonds. The molecule has 0 saturated carbocycles. The highest BCUT2D eigenvalue weighted by molar-refractivity contribution is 5.87. The lowest BCUT2D eigenvalue weighted by molar-refractivity contribution is 0.470. The Hall–Kier alpha value is -2.86. The number of aromatic hydroxyl groups is 1. The maximum Gasteiger partial charge on any atom is 0.141 e. The SMILES string of the molecule is N#Cc1ccccc1C1=CCCC(c2ncccc2O)=C1. The summed E-state index contributed by atoms with van der Waals surface area (Å²) in [4.78, 5) is 4.26. The van der Waals surface area contributed by atoms with Crippen LogP contribution in [-0.2, 0) is 0 Å². The third kappa shape index (κ3) is 2.56. The largest absolute Gasteiger partial charge is 0.506 e. The minimum atomic E-state index is 0.193. The van der Waals surface area contributed by atoms with Crippen LogP contribution in [0.2, 0.25) is 0 Å². The monoisotopic (exact) mass is 274 g/mol. The van der Waals surface area contributed by atoms with Gasteiger partial charge in [0.25, 0.3) is 0 Å². The molecule has 0 fully saturated rings. The summed E-state index contributed by atoms with van der Waals surface area (Å²) in [5.41, 5.74) is 4.22. The normalized spacial score (nSPS) is 14.0. The molecule has 1 aromatic carbocycles. The lowest BCUT2D eigenvalue weighted by Gasteiger charge is -2.15. The van der Waals surface area contributed by atoms with E-state index >= 15 is 0 Å². The van der Waals surface area contributed by atoms with E-state index < -0.39 is 0 Å². The number of allylic oxidation sites excluding steroid dienone is 4. The standard InChI is InChI=1S/C18H14N2O/c19-12-15-5-1-2-8-16(15)13-6-3-7-14(11-13)18-17(21)9-4-10-20-18/h1-2,4-6,8-11,21H,3,7H2. The molecule has 102 valence electrons. The first-order valence-electron chi connectivity index (χ1n) is 6.84. The zero-order chi connectivity index (χ0) is 14.7. The van der Waals surface area contributed by atoms with E-state index in [0.29, 0.717) is 11.3 Å². The Kier molecular flexibility index (Phi) is 3.53. The van der Waals surface area contributed by atoms with Crippen molar-refractivity contribution in [2.75, 3.05) is 0 Å². The average molecular weight is 274 g/mol. The van der Waals surface area contributed by atoms with Crippen molar-refractivity contribution in [3.63, 3.8) is 0 Å². The van der Waals surface area contributed by atoms with E-state index in [2.05, 4.69) is 17.1 Å². The Morgan fingerprint density at radius 3 is 2.81 bits per heavy atom. The van der Waals surface area contributed by atoms with E-state index in [1.807, 2.05) is 30.3 Å². The Morgan fingerprint density at radius 1 is 1.14 bits per heavy atom. The fraction of sp³-hybridized carbons (Fsp3) is 0.111. The summed E-state index contributed by atoms with van der Waals surface area (Å²) in [6, 6.07) is 13.1. The van der Waals surface area contributed by atoms with Crippen LogP contribution < -0.4 is 0 Å². The number of hydrogen-bond acceptors (Lipinski definition) is 3. The third-order valence-electron chi connectivity index (χ3n) is 3.56. The number of benzene rings is 1. The summed E-state index contributed by atoms with van der Waals surface area (Å²) in [5, 5.41) is 19.2. The van der Waals surface area contributed by atoms with Gasteiger partial charge in [-0.2, -0.15) is 5.26 Å². The highest BCUT2D eigenvalue weighted by Gasteiger charge is 2.14. The minimum Gasteiger partial charge on any atom is -0.506 e. The molecule has 0 radical (unpaired) electrons. The van der Waals surface area contributed by atoms with Crippen molar-refractivity contribution in [2.24, 2.45) is 0 Å². The van der Waals surface area contributed by atoms with Gasteiger partial charge >= 0.3 is 0 Å². The molecule has 1 aliphatic rings. The predicted molar refractivity (Wildman–Crippen MR) is 82.2 cm³/mol. The summed E-state index contributed by atoms with van der Waals surface area (Å²) >= 11 is 0. The molecular weight excluding hydrogens is 260 g/mol. The van der Waals surface area contributed by atoms with Crippen LogP contribution >= 0.6 is 0 Å². The van der Waals surface area contributed by atoms with Gasteiger partial charge in [0.2, 0.25) is 0 Å². The maximum atomic E-state index is 9.95. The van der Waals surface area contributed by atoms with Gasteiger partial charge in [0.15, 0.2) is 0 Å². The molecule has 3 heteroatoms. The second kappa shape index (κ2) is 5.64. The molecule has 3 rings (SSSR count). The number of rotatable bonds is 2. The maximum absolute atomic E-state index is 9.95. The van der Waals surface area contributed by atoms with Gasteiger partial charge in [0, 0.05) is 6.20 Å². The highest BCUT2D eigenvalue weighted by atomic mass is 16.3. The Balaban J connectivity index is 2.05. The molecule has 2 aromatic rings. The van der Waals surface area contributed by atoms with E-state index in [4.69, 9.17) is 0 Å². The van der Waals surface area contributed by atoms with E-state index in [9.17, 15) is 10.4 Å². The quantitative estimate of drug-likeness (QED) is 0.903. The summed E-state index contributed by atoms with van der Waals surface area (Å²) < 4.78 is 0. The molecule has 1 N–H and O–H groups in total. The number of hydrogen-bond donors (Lipinski definition) is 1. The third-order valence-corrected chi connectivity index (χ3v) is 3.56. The van der Waals surface area contributed by atoms with Crippen LogP contribution in [0.3, 0.4) is 0 Å². The molecule has 0 saturated heterocycles. The van der Waals surface area contributed by atoms with Crippen LogP contribution in [0.15, 0.2) is 54.7 Å². The Bertz CT molecular complexity index is 782. The van der Waals surface area contributed by atoms with Gasteiger partial charge in [-0.3, -0.25) is 4.98 Å². The zero-order valence-corrected chi connectivity index (χ0v) is 11.5. The molecular formula is C18H14N2O. The van der Waals surface area contributed by atoms with E-state index in [-0.39, 0.29) is 5.75 Å². The van der Waals surface area contributed by atoms with Gasteiger partial charge in [-0.15, -0.1) is 0 Å². The average Bonchev–Trinajstić information content (AvgIpc) is 2.55. The number of pyridine rings is 1. The van der Waals surface area contributed by atoms with E-state index in [1.54, 1.807) is 18.3 Å². The van der Waals surface area contributed by atoms with Crippen LogP contribution in [0.1, 0.15) is 29.7 Å². The molecule has 0 unspecified atom stereocenters. The summed E-state index contributed by atoms with van der Waals surface area (Å²) in [6.07, 6.45) is 7.53. The molecule has 0 spiro atoms. The van der Waals surface area contributed by atoms with Crippen LogP contribution in [0.5, 0.6) is 5.75 Å². The van der Waals surface area contributed by atoms with Crippen molar-refractivity contribution in [1.29, 1.82) is 5.26 Å². The topological polar surface area (TPSA) is 56.9 Å². The Labute approximate surface area is 123 Å². The summed E-state index contributed by atoms with van der Waals surface area (Å²) in [7, 11) is 0. The lowest BCUT2D eigenvalue weighted by atomic mass is 9.90. The first kappa shape index (κ1) is 13.1. The minimum absolute atomic E-state index is 0.193. The smallest absolute Gasteiger partial charge is 0.141 e. The fourth-order valence-electron chi connectivity index (χ4n) is 2.55. The molecule has 3 nitrogen and oxygen atoms in total. The van der Waals surface area contributed by atoms with Crippen LogP contribution in [0, 0.1) is 11.3 Å².